The number of amides is 2. The van der Waals surface area contributed by atoms with E-state index in [2.05, 4.69) is 24.5 Å². The van der Waals surface area contributed by atoms with E-state index >= 15 is 0 Å². The minimum atomic E-state index is -0.513. The maximum absolute atomic E-state index is 12.0. The molecule has 2 rings (SSSR count). The number of urea groups is 1. The number of phenolic OH excluding ortho intramolecular Hbond substituents is 1. The standard InChI is InChI=1S/C18H22N2O3/c1-12(2)14-8-4-7-11-17(14)23-13(3)19-18(22)20-15-9-5-6-10-16(15)21/h4-13,21H,1-3H3,(H2,19,20,22). The average molecular weight is 314 g/mol. The van der Waals surface area contributed by atoms with Crippen molar-refractivity contribution in [3.05, 3.63) is 54.1 Å². The topological polar surface area (TPSA) is 70.6 Å². The van der Waals surface area contributed by atoms with Gasteiger partial charge in [-0.2, -0.15) is 0 Å². The van der Waals surface area contributed by atoms with Crippen LogP contribution in [0.4, 0.5) is 10.5 Å². The highest BCUT2D eigenvalue weighted by Gasteiger charge is 2.13. The van der Waals surface area contributed by atoms with E-state index in [1.165, 1.54) is 6.07 Å². The summed E-state index contributed by atoms with van der Waals surface area (Å²) in [6.07, 6.45) is -0.513. The lowest BCUT2D eigenvalue weighted by atomic mass is 10.0. The number of benzene rings is 2. The molecule has 1 unspecified atom stereocenters. The molecule has 5 nitrogen and oxygen atoms in total. The third kappa shape index (κ3) is 4.64. The molecular weight excluding hydrogens is 292 g/mol. The van der Waals surface area contributed by atoms with Gasteiger partial charge in [0.05, 0.1) is 5.69 Å². The molecule has 0 aliphatic rings. The Morgan fingerprint density at radius 2 is 1.70 bits per heavy atom. The largest absolute Gasteiger partial charge is 0.506 e. The molecule has 0 bridgehead atoms. The molecule has 23 heavy (non-hydrogen) atoms. The molecule has 5 heteroatoms. The predicted molar refractivity (Wildman–Crippen MR) is 90.9 cm³/mol. The summed E-state index contributed by atoms with van der Waals surface area (Å²) in [5.74, 6) is 1.09. The fourth-order valence-electron chi connectivity index (χ4n) is 2.21. The Labute approximate surface area is 136 Å². The molecule has 1 atom stereocenters. The van der Waals surface area contributed by atoms with E-state index in [1.54, 1.807) is 25.1 Å². The summed E-state index contributed by atoms with van der Waals surface area (Å²) in [6, 6.07) is 13.9. The van der Waals surface area contributed by atoms with Crippen LogP contribution in [-0.2, 0) is 0 Å². The summed E-state index contributed by atoms with van der Waals surface area (Å²) < 4.78 is 5.81. The molecule has 0 aromatic heterocycles. The van der Waals surface area contributed by atoms with E-state index in [1.807, 2.05) is 24.3 Å². The number of nitrogens with one attached hydrogen (secondary N) is 2. The number of ether oxygens (including phenoxy) is 1. The third-order valence-electron chi connectivity index (χ3n) is 3.33. The van der Waals surface area contributed by atoms with Crippen molar-refractivity contribution in [2.45, 2.75) is 32.9 Å². The molecule has 2 amide bonds. The van der Waals surface area contributed by atoms with Crippen molar-refractivity contribution in [1.29, 1.82) is 0 Å². The minimum Gasteiger partial charge on any atom is -0.506 e. The number of rotatable bonds is 5. The first-order valence-electron chi connectivity index (χ1n) is 7.58. The van der Waals surface area contributed by atoms with Crippen LogP contribution in [0.5, 0.6) is 11.5 Å². The van der Waals surface area contributed by atoms with Crippen LogP contribution in [-0.4, -0.2) is 17.4 Å². The predicted octanol–water partition coefficient (Wildman–Crippen LogP) is 4.06. The fraction of sp³-hybridized carbons (Fsp3) is 0.278. The van der Waals surface area contributed by atoms with Crippen molar-refractivity contribution in [3.8, 4) is 11.5 Å². The van der Waals surface area contributed by atoms with Crippen LogP contribution in [0.3, 0.4) is 0 Å². The molecule has 0 aliphatic carbocycles. The van der Waals surface area contributed by atoms with Gasteiger partial charge in [-0.05, 0) is 36.6 Å². The minimum absolute atomic E-state index is 0.0152. The first-order valence-corrected chi connectivity index (χ1v) is 7.58. The summed E-state index contributed by atoms with van der Waals surface area (Å²) in [7, 11) is 0. The molecule has 0 radical (unpaired) electrons. The quantitative estimate of drug-likeness (QED) is 0.575. The SMILES string of the molecule is CC(NC(=O)Nc1ccccc1O)Oc1ccccc1C(C)C. The number of hydrogen-bond donors (Lipinski definition) is 3. The monoisotopic (exact) mass is 314 g/mol. The number of phenols is 1. The lowest BCUT2D eigenvalue weighted by Crippen LogP contribution is -2.39. The second-order valence-electron chi connectivity index (χ2n) is 5.57. The van der Waals surface area contributed by atoms with E-state index in [0.717, 1.165) is 11.3 Å². The highest BCUT2D eigenvalue weighted by atomic mass is 16.5. The second-order valence-corrected chi connectivity index (χ2v) is 5.57. The summed E-state index contributed by atoms with van der Waals surface area (Å²) in [4.78, 5) is 12.0. The zero-order valence-corrected chi connectivity index (χ0v) is 13.5. The van der Waals surface area contributed by atoms with Crippen molar-refractivity contribution in [1.82, 2.24) is 5.32 Å². The molecule has 3 N–H and O–H groups in total. The highest BCUT2D eigenvalue weighted by Crippen LogP contribution is 2.26. The Morgan fingerprint density at radius 3 is 2.39 bits per heavy atom. The summed E-state index contributed by atoms with van der Waals surface area (Å²) in [6.45, 7) is 5.93. The van der Waals surface area contributed by atoms with Gasteiger partial charge in [0, 0.05) is 0 Å². The molecule has 0 fully saturated rings. The van der Waals surface area contributed by atoms with Gasteiger partial charge in [0.1, 0.15) is 11.5 Å². The third-order valence-corrected chi connectivity index (χ3v) is 3.33. The second kappa shape index (κ2) is 7.54. The Kier molecular flexibility index (Phi) is 5.46. The number of anilines is 1. The molecule has 122 valence electrons. The zero-order valence-electron chi connectivity index (χ0n) is 13.5. The molecule has 0 saturated heterocycles. The van der Waals surface area contributed by atoms with Gasteiger partial charge in [0.25, 0.3) is 0 Å². The van der Waals surface area contributed by atoms with Crippen LogP contribution < -0.4 is 15.4 Å². The number of hydrogen-bond acceptors (Lipinski definition) is 3. The van der Waals surface area contributed by atoms with Crippen LogP contribution in [0.25, 0.3) is 0 Å². The first kappa shape index (κ1) is 16.7. The number of aromatic hydroxyl groups is 1. The van der Waals surface area contributed by atoms with Crippen molar-refractivity contribution in [3.63, 3.8) is 0 Å². The van der Waals surface area contributed by atoms with E-state index < -0.39 is 12.3 Å². The molecule has 2 aromatic rings. The number of carbonyl (C=O) groups excluding carboxylic acids is 1. The summed E-state index contributed by atoms with van der Waals surface area (Å²) in [5.41, 5.74) is 1.43. The van der Waals surface area contributed by atoms with Crippen molar-refractivity contribution < 1.29 is 14.6 Å². The Morgan fingerprint density at radius 1 is 1.04 bits per heavy atom. The van der Waals surface area contributed by atoms with Gasteiger partial charge in [0.2, 0.25) is 0 Å². The lowest BCUT2D eigenvalue weighted by Gasteiger charge is -2.20. The molecule has 2 aromatic carbocycles. The Bertz CT molecular complexity index is 671. The van der Waals surface area contributed by atoms with Crippen molar-refractivity contribution >= 4 is 11.7 Å². The van der Waals surface area contributed by atoms with Gasteiger partial charge < -0.3 is 20.5 Å². The molecule has 0 spiro atoms. The number of para-hydroxylation sites is 3. The van der Waals surface area contributed by atoms with Crippen LogP contribution in [0.1, 0.15) is 32.3 Å². The lowest BCUT2D eigenvalue weighted by molar-refractivity contribution is 0.181. The van der Waals surface area contributed by atoms with Gasteiger partial charge in [-0.25, -0.2) is 4.79 Å². The van der Waals surface area contributed by atoms with Crippen LogP contribution in [0, 0.1) is 0 Å². The van der Waals surface area contributed by atoms with Gasteiger partial charge in [-0.15, -0.1) is 0 Å². The van der Waals surface area contributed by atoms with E-state index in [0.29, 0.717) is 11.6 Å². The smallest absolute Gasteiger partial charge is 0.322 e. The van der Waals surface area contributed by atoms with E-state index in [9.17, 15) is 9.90 Å². The molecule has 0 aliphatic heterocycles. The maximum atomic E-state index is 12.0. The van der Waals surface area contributed by atoms with Crippen LogP contribution in [0.15, 0.2) is 48.5 Å². The van der Waals surface area contributed by atoms with Crippen molar-refractivity contribution in [2.24, 2.45) is 0 Å². The fourth-order valence-corrected chi connectivity index (χ4v) is 2.21. The summed E-state index contributed by atoms with van der Waals surface area (Å²) in [5, 5.41) is 14.9. The first-order chi connectivity index (χ1) is 11.0. The molecule has 0 heterocycles. The highest BCUT2D eigenvalue weighted by molar-refractivity contribution is 5.90. The zero-order chi connectivity index (χ0) is 16.8. The average Bonchev–Trinajstić information content (AvgIpc) is 2.49. The van der Waals surface area contributed by atoms with Gasteiger partial charge in [-0.1, -0.05) is 44.2 Å². The Balaban J connectivity index is 1.96. The van der Waals surface area contributed by atoms with E-state index in [-0.39, 0.29) is 5.75 Å². The van der Waals surface area contributed by atoms with Crippen LogP contribution in [0.2, 0.25) is 0 Å². The molecule has 0 saturated carbocycles. The van der Waals surface area contributed by atoms with Crippen molar-refractivity contribution in [2.75, 3.05) is 5.32 Å². The van der Waals surface area contributed by atoms with Crippen LogP contribution >= 0.6 is 0 Å². The number of carbonyl (C=O) groups is 1. The maximum Gasteiger partial charge on any atom is 0.322 e. The van der Waals surface area contributed by atoms with Gasteiger partial charge in [-0.3, -0.25) is 0 Å². The van der Waals surface area contributed by atoms with Gasteiger partial charge >= 0.3 is 6.03 Å². The molecular formula is C18H22N2O3. The summed E-state index contributed by atoms with van der Waals surface area (Å²) >= 11 is 0. The van der Waals surface area contributed by atoms with E-state index in [4.69, 9.17) is 4.74 Å². The van der Waals surface area contributed by atoms with Gasteiger partial charge in [0.15, 0.2) is 6.23 Å². The Hall–Kier alpha value is -2.69. The normalized spacial score (nSPS) is 11.8.